The molecule has 0 fully saturated rings. The Hall–Kier alpha value is -7.76. The topological polar surface area (TPSA) is 36.5 Å². The van der Waals surface area contributed by atoms with E-state index in [-0.39, 0.29) is 6.92 Å². The zero-order valence-electron chi connectivity index (χ0n) is 31.7. The first kappa shape index (κ1) is 32.3. The van der Waals surface area contributed by atoms with E-state index < -0.39 is 0 Å². The Labute approximate surface area is 340 Å². The van der Waals surface area contributed by atoms with E-state index in [9.17, 15) is 0 Å². The summed E-state index contributed by atoms with van der Waals surface area (Å²) in [4.78, 5) is 0. The summed E-state index contributed by atoms with van der Waals surface area (Å²) in [6.45, 7) is -0.354. The number of furan rings is 1. The molecule has 2 aliphatic rings. The highest BCUT2D eigenvalue weighted by molar-refractivity contribution is 6.84. The lowest BCUT2D eigenvalue weighted by Crippen LogP contribution is -2.53. The minimum Gasteiger partial charge on any atom is -0.551 e. The van der Waals surface area contributed by atoms with Crippen molar-refractivity contribution in [2.24, 2.45) is 0 Å². The maximum atomic E-state index is 6.99. The standard InChI is InChI=1S/C54H32BNO3/c1-2-16-37(42-21-13-22-43-40-19-6-11-26-49(40)58-54(42)43)35(14-1)34-30-44-41-20-7-12-27-50(41)59-55-45-31-33(28-29-51(45)57-52(32-34)53(44)55)36-15-3-8-23-46(36)56-47-24-9-4-17-38(47)39-18-5-10-25-48(39)56/h1-32H. The summed E-state index contributed by atoms with van der Waals surface area (Å²) in [7, 11) is 0. The van der Waals surface area contributed by atoms with Crippen molar-refractivity contribution in [3.8, 4) is 67.4 Å². The third kappa shape index (κ3) is 4.73. The number of hydrogen-bond donors (Lipinski definition) is 0. The van der Waals surface area contributed by atoms with Crippen LogP contribution in [0, 0.1) is 0 Å². The summed E-state index contributed by atoms with van der Waals surface area (Å²) >= 11 is 0. The first-order valence-electron chi connectivity index (χ1n) is 20.1. The maximum Gasteiger partial charge on any atom is 0.434 e. The Kier molecular flexibility index (Phi) is 6.78. The highest BCUT2D eigenvalue weighted by atomic mass is 16.5. The first-order chi connectivity index (χ1) is 29.3. The highest BCUT2D eigenvalue weighted by Crippen LogP contribution is 2.45. The van der Waals surface area contributed by atoms with Gasteiger partial charge in [-0.25, -0.2) is 0 Å². The van der Waals surface area contributed by atoms with Gasteiger partial charge in [-0.05, 0) is 76.3 Å². The van der Waals surface area contributed by atoms with Crippen molar-refractivity contribution in [2.75, 3.05) is 0 Å². The quantitative estimate of drug-likeness (QED) is 0.168. The van der Waals surface area contributed by atoms with Gasteiger partial charge in [0.2, 0.25) is 0 Å². The molecule has 0 unspecified atom stereocenters. The SMILES string of the molecule is c1ccc2c(c1)OB1c3cc(-c4ccccc4-n4c5ccccc5c5ccccc54)ccc3Oc3cc(-c4ccccc4-c4cccc5c4oc4ccccc45)cc-2c31. The number of ether oxygens (including phenoxy) is 1. The molecule has 0 saturated carbocycles. The minimum atomic E-state index is -0.354. The van der Waals surface area contributed by atoms with Crippen molar-refractivity contribution < 1.29 is 13.8 Å². The third-order valence-electron chi connectivity index (χ3n) is 12.3. The van der Waals surface area contributed by atoms with Gasteiger partial charge >= 0.3 is 6.92 Å². The molecule has 0 bridgehead atoms. The number of benzene rings is 9. The van der Waals surface area contributed by atoms with E-state index in [1.165, 1.54) is 21.8 Å². The van der Waals surface area contributed by atoms with Crippen molar-refractivity contribution in [1.82, 2.24) is 4.57 Å². The van der Waals surface area contributed by atoms with Gasteiger partial charge in [-0.15, -0.1) is 0 Å². The molecule has 0 N–H and O–H groups in total. The molecule has 2 aliphatic heterocycles. The van der Waals surface area contributed by atoms with E-state index in [0.717, 1.165) is 100 Å². The molecule has 0 saturated heterocycles. The van der Waals surface area contributed by atoms with Crippen molar-refractivity contribution in [1.29, 1.82) is 0 Å². The van der Waals surface area contributed by atoms with Crippen LogP contribution in [0.2, 0.25) is 0 Å². The molecule has 274 valence electrons. The van der Waals surface area contributed by atoms with Crippen LogP contribution in [0.4, 0.5) is 0 Å². The molecule has 0 radical (unpaired) electrons. The molecule has 5 heteroatoms. The average Bonchev–Trinajstić information content (AvgIpc) is 3.85. The Balaban J connectivity index is 0.973. The number of nitrogens with zero attached hydrogens (tertiary/aromatic N) is 1. The van der Waals surface area contributed by atoms with Crippen molar-refractivity contribution in [2.45, 2.75) is 0 Å². The zero-order valence-corrected chi connectivity index (χ0v) is 31.7. The summed E-state index contributed by atoms with van der Waals surface area (Å²) in [6, 6.07) is 68.8. The van der Waals surface area contributed by atoms with Gasteiger partial charge in [-0.2, -0.15) is 0 Å². The van der Waals surface area contributed by atoms with E-state index in [0.29, 0.717) is 0 Å². The molecule has 2 aromatic heterocycles. The van der Waals surface area contributed by atoms with Crippen LogP contribution < -0.4 is 20.3 Å². The van der Waals surface area contributed by atoms with Gasteiger partial charge in [0, 0.05) is 49.2 Å². The summed E-state index contributed by atoms with van der Waals surface area (Å²) in [5.41, 5.74) is 16.0. The fourth-order valence-electron chi connectivity index (χ4n) is 9.71. The molecule has 11 aromatic rings. The molecule has 4 nitrogen and oxygen atoms in total. The number of fused-ring (bicyclic) bond motifs is 10. The summed E-state index contributed by atoms with van der Waals surface area (Å²) < 4.78 is 22.9. The first-order valence-corrected chi connectivity index (χ1v) is 20.1. The largest absolute Gasteiger partial charge is 0.551 e. The van der Waals surface area contributed by atoms with Crippen molar-refractivity contribution in [3.05, 3.63) is 194 Å². The minimum absolute atomic E-state index is 0.354. The summed E-state index contributed by atoms with van der Waals surface area (Å²) in [6.07, 6.45) is 0. The van der Waals surface area contributed by atoms with Gasteiger partial charge in [-0.1, -0.05) is 146 Å². The van der Waals surface area contributed by atoms with Gasteiger partial charge in [0.05, 0.1) is 16.7 Å². The molecule has 59 heavy (non-hydrogen) atoms. The number of aromatic nitrogens is 1. The van der Waals surface area contributed by atoms with Crippen LogP contribution in [0.15, 0.2) is 199 Å². The van der Waals surface area contributed by atoms with Crippen LogP contribution in [-0.2, 0) is 0 Å². The molecule has 4 heterocycles. The van der Waals surface area contributed by atoms with E-state index in [2.05, 4.69) is 187 Å². The molecular formula is C54H32BNO3. The van der Waals surface area contributed by atoms with Crippen LogP contribution in [0.5, 0.6) is 17.2 Å². The van der Waals surface area contributed by atoms with Gasteiger partial charge < -0.3 is 18.4 Å². The second kappa shape index (κ2) is 12.4. The average molecular weight is 754 g/mol. The van der Waals surface area contributed by atoms with Gasteiger partial charge in [0.1, 0.15) is 28.4 Å². The van der Waals surface area contributed by atoms with Crippen LogP contribution in [0.1, 0.15) is 0 Å². The van der Waals surface area contributed by atoms with Gasteiger partial charge in [0.25, 0.3) is 0 Å². The third-order valence-corrected chi connectivity index (χ3v) is 12.3. The lowest BCUT2D eigenvalue weighted by molar-refractivity contribution is 0.479. The van der Waals surface area contributed by atoms with Crippen molar-refractivity contribution >= 4 is 61.6 Å². The van der Waals surface area contributed by atoms with Crippen LogP contribution in [0.3, 0.4) is 0 Å². The fraction of sp³-hybridized carbons (Fsp3) is 0. The monoisotopic (exact) mass is 753 g/mol. The predicted octanol–water partition coefficient (Wildman–Crippen LogP) is 13.0. The lowest BCUT2D eigenvalue weighted by atomic mass is 9.50. The van der Waals surface area contributed by atoms with Crippen LogP contribution in [-0.4, -0.2) is 11.5 Å². The maximum absolute atomic E-state index is 6.99. The molecule has 0 spiro atoms. The smallest absolute Gasteiger partial charge is 0.434 e. The van der Waals surface area contributed by atoms with Gasteiger partial charge in [0.15, 0.2) is 0 Å². The Morgan fingerprint density at radius 2 is 1.03 bits per heavy atom. The van der Waals surface area contributed by atoms with E-state index in [4.69, 9.17) is 13.8 Å². The Morgan fingerprint density at radius 1 is 0.390 bits per heavy atom. The van der Waals surface area contributed by atoms with E-state index in [1.54, 1.807) is 0 Å². The van der Waals surface area contributed by atoms with E-state index in [1.807, 2.05) is 12.1 Å². The predicted molar refractivity (Wildman–Crippen MR) is 242 cm³/mol. The molecule has 0 amide bonds. The lowest BCUT2D eigenvalue weighted by Gasteiger charge is -2.33. The molecule has 0 atom stereocenters. The number of hydrogen-bond acceptors (Lipinski definition) is 3. The van der Waals surface area contributed by atoms with Crippen LogP contribution in [0.25, 0.3) is 93.9 Å². The fourth-order valence-corrected chi connectivity index (χ4v) is 9.71. The van der Waals surface area contributed by atoms with E-state index >= 15 is 0 Å². The molecule has 9 aromatic carbocycles. The summed E-state index contributed by atoms with van der Waals surface area (Å²) in [5.74, 6) is 2.46. The van der Waals surface area contributed by atoms with Crippen molar-refractivity contribution in [3.63, 3.8) is 0 Å². The normalized spacial score (nSPS) is 12.6. The highest BCUT2D eigenvalue weighted by Gasteiger charge is 2.41. The Bertz CT molecular complexity index is 3490. The zero-order chi connectivity index (χ0) is 38.6. The second-order valence-electron chi connectivity index (χ2n) is 15.5. The molecule has 13 rings (SSSR count). The second-order valence-corrected chi connectivity index (χ2v) is 15.5. The van der Waals surface area contributed by atoms with Crippen LogP contribution >= 0.6 is 0 Å². The Morgan fingerprint density at radius 3 is 1.86 bits per heavy atom. The summed E-state index contributed by atoms with van der Waals surface area (Å²) in [5, 5.41) is 4.71. The number of para-hydroxylation sites is 6. The molecule has 0 aliphatic carbocycles. The molecular weight excluding hydrogens is 721 g/mol. The van der Waals surface area contributed by atoms with Gasteiger partial charge in [-0.3, -0.25) is 0 Å². The number of rotatable bonds is 4.